The number of hydrogen-bond donors (Lipinski definition) is 0. The summed E-state index contributed by atoms with van der Waals surface area (Å²) in [4.78, 5) is 17.0. The highest BCUT2D eigenvalue weighted by atomic mass is 35.5. The van der Waals surface area contributed by atoms with Crippen molar-refractivity contribution in [3.05, 3.63) is 95.5 Å². The normalized spacial score (nSPS) is 14.1. The Morgan fingerprint density at radius 2 is 1.50 bits per heavy atom. The molecule has 1 aliphatic heterocycles. The molecule has 0 saturated heterocycles. The fourth-order valence-electron chi connectivity index (χ4n) is 3.24. The van der Waals surface area contributed by atoms with Crippen molar-refractivity contribution in [3.8, 4) is 5.75 Å². The van der Waals surface area contributed by atoms with Gasteiger partial charge in [0.15, 0.2) is 0 Å². The molecule has 0 atom stereocenters. The van der Waals surface area contributed by atoms with Gasteiger partial charge in [0, 0.05) is 17.3 Å². The Hall–Kier alpha value is -3.24. The van der Waals surface area contributed by atoms with E-state index in [0.29, 0.717) is 11.6 Å². The molecule has 0 fully saturated rings. The van der Waals surface area contributed by atoms with E-state index in [2.05, 4.69) is 6.08 Å². The fraction of sp³-hybridized carbons (Fsp3) is 0.0870. The summed E-state index contributed by atoms with van der Waals surface area (Å²) in [6.45, 7) is 0.483. The number of rotatable bonds is 4. The molecule has 0 N–H and O–H groups in total. The molecule has 1 aliphatic rings. The van der Waals surface area contributed by atoms with E-state index < -0.39 is 0 Å². The Morgan fingerprint density at radius 1 is 0.857 bits per heavy atom. The zero-order chi connectivity index (χ0) is 19.5. The van der Waals surface area contributed by atoms with Crippen molar-refractivity contribution in [1.29, 1.82) is 0 Å². The van der Waals surface area contributed by atoms with Crippen LogP contribution in [0.1, 0.15) is 5.56 Å². The number of ether oxygens (including phenoxy) is 1. The van der Waals surface area contributed by atoms with Gasteiger partial charge in [-0.3, -0.25) is 9.80 Å². The quantitative estimate of drug-likeness (QED) is 0.561. The van der Waals surface area contributed by atoms with Crippen LogP contribution >= 0.6 is 11.6 Å². The van der Waals surface area contributed by atoms with Gasteiger partial charge in [0.25, 0.3) is 0 Å². The molecular formula is C23H19ClN2O2. The molecule has 28 heavy (non-hydrogen) atoms. The van der Waals surface area contributed by atoms with Crippen molar-refractivity contribution in [3.63, 3.8) is 0 Å². The standard InChI is InChI=1S/C23H19ClN2O2/c1-28-21-13-11-20(12-14-21)26-22(17-5-3-2-4-6-17)15-16-25(23(26)27)19-9-7-18(24)8-10-19/h2-15H,16H2,1H3. The summed E-state index contributed by atoms with van der Waals surface area (Å²) in [6, 6.07) is 24.6. The first kappa shape index (κ1) is 18.1. The fourth-order valence-corrected chi connectivity index (χ4v) is 3.37. The first-order chi connectivity index (χ1) is 13.7. The van der Waals surface area contributed by atoms with Crippen molar-refractivity contribution in [2.24, 2.45) is 0 Å². The Labute approximate surface area is 169 Å². The molecule has 0 aliphatic carbocycles. The van der Waals surface area contributed by atoms with E-state index in [0.717, 1.165) is 28.4 Å². The molecule has 0 saturated carbocycles. The molecule has 0 unspecified atom stereocenters. The molecule has 140 valence electrons. The molecule has 0 radical (unpaired) electrons. The van der Waals surface area contributed by atoms with Crippen LogP contribution in [0, 0.1) is 0 Å². The molecule has 0 spiro atoms. The third-order valence-electron chi connectivity index (χ3n) is 4.67. The maximum atomic E-state index is 13.5. The second kappa shape index (κ2) is 7.79. The maximum Gasteiger partial charge on any atom is 0.333 e. The number of nitrogens with zero attached hydrogens (tertiary/aromatic N) is 2. The van der Waals surface area contributed by atoms with Crippen molar-refractivity contribution in [1.82, 2.24) is 0 Å². The number of carbonyl (C=O) groups excluding carboxylic acids is 1. The number of urea groups is 1. The second-order valence-corrected chi connectivity index (χ2v) is 6.79. The minimum Gasteiger partial charge on any atom is -0.497 e. The average Bonchev–Trinajstić information content (AvgIpc) is 2.75. The van der Waals surface area contributed by atoms with Crippen molar-refractivity contribution in [2.75, 3.05) is 23.5 Å². The Balaban J connectivity index is 1.78. The van der Waals surface area contributed by atoms with E-state index in [9.17, 15) is 4.79 Å². The number of amides is 2. The SMILES string of the molecule is COc1ccc(N2C(=O)N(c3ccc(Cl)cc3)CC=C2c2ccccc2)cc1. The zero-order valence-corrected chi connectivity index (χ0v) is 16.1. The molecule has 0 bridgehead atoms. The first-order valence-corrected chi connectivity index (χ1v) is 9.32. The van der Waals surface area contributed by atoms with Crippen LogP contribution in [0.25, 0.3) is 5.70 Å². The molecular weight excluding hydrogens is 372 g/mol. The topological polar surface area (TPSA) is 32.8 Å². The van der Waals surface area contributed by atoms with E-state index in [1.54, 1.807) is 29.0 Å². The summed E-state index contributed by atoms with van der Waals surface area (Å²) in [7, 11) is 1.62. The van der Waals surface area contributed by atoms with Gasteiger partial charge >= 0.3 is 6.03 Å². The summed E-state index contributed by atoms with van der Waals surface area (Å²) in [6.07, 6.45) is 2.07. The van der Waals surface area contributed by atoms with E-state index in [1.165, 1.54) is 0 Å². The summed E-state index contributed by atoms with van der Waals surface area (Å²) >= 11 is 6.01. The minimum absolute atomic E-state index is 0.117. The Morgan fingerprint density at radius 3 is 2.14 bits per heavy atom. The van der Waals surface area contributed by atoms with E-state index >= 15 is 0 Å². The third-order valence-corrected chi connectivity index (χ3v) is 4.92. The molecule has 3 aromatic carbocycles. The molecule has 3 aromatic rings. The first-order valence-electron chi connectivity index (χ1n) is 8.94. The molecule has 1 heterocycles. The van der Waals surface area contributed by atoms with Gasteiger partial charge in [0.05, 0.1) is 18.5 Å². The number of carbonyl (C=O) groups is 1. The number of hydrogen-bond acceptors (Lipinski definition) is 2. The maximum absolute atomic E-state index is 13.5. The van der Waals surface area contributed by atoms with Crippen molar-refractivity contribution >= 4 is 34.7 Å². The largest absolute Gasteiger partial charge is 0.497 e. The summed E-state index contributed by atoms with van der Waals surface area (Å²) in [5.74, 6) is 0.744. The van der Waals surface area contributed by atoms with Gasteiger partial charge < -0.3 is 4.74 Å². The number of halogens is 1. The lowest BCUT2D eigenvalue weighted by Gasteiger charge is -2.36. The van der Waals surface area contributed by atoms with Gasteiger partial charge in [-0.05, 0) is 60.2 Å². The second-order valence-electron chi connectivity index (χ2n) is 6.36. The Kier molecular flexibility index (Phi) is 5.04. The smallest absolute Gasteiger partial charge is 0.333 e. The van der Waals surface area contributed by atoms with Gasteiger partial charge in [-0.2, -0.15) is 0 Å². The van der Waals surface area contributed by atoms with Crippen LogP contribution in [-0.4, -0.2) is 19.7 Å². The predicted molar refractivity (Wildman–Crippen MR) is 114 cm³/mol. The summed E-state index contributed by atoms with van der Waals surface area (Å²) < 4.78 is 5.26. The van der Waals surface area contributed by atoms with Crippen LogP contribution in [0.2, 0.25) is 5.02 Å². The van der Waals surface area contributed by atoms with Crippen LogP contribution in [0.5, 0.6) is 5.75 Å². The molecule has 4 nitrogen and oxygen atoms in total. The molecule has 4 rings (SSSR count). The highest BCUT2D eigenvalue weighted by Crippen LogP contribution is 2.33. The van der Waals surface area contributed by atoms with E-state index in [-0.39, 0.29) is 6.03 Å². The molecule has 5 heteroatoms. The van der Waals surface area contributed by atoms with Gasteiger partial charge in [-0.25, -0.2) is 4.79 Å². The predicted octanol–water partition coefficient (Wildman–Crippen LogP) is 5.84. The van der Waals surface area contributed by atoms with Gasteiger partial charge in [-0.1, -0.05) is 41.9 Å². The number of benzene rings is 3. The lowest BCUT2D eigenvalue weighted by atomic mass is 10.1. The van der Waals surface area contributed by atoms with Gasteiger partial charge in [-0.15, -0.1) is 0 Å². The average molecular weight is 391 g/mol. The summed E-state index contributed by atoms with van der Waals surface area (Å²) in [5, 5.41) is 0.640. The lowest BCUT2D eigenvalue weighted by Crippen LogP contribution is -2.46. The zero-order valence-electron chi connectivity index (χ0n) is 15.4. The highest BCUT2D eigenvalue weighted by Gasteiger charge is 2.30. The van der Waals surface area contributed by atoms with Crippen LogP contribution in [0.4, 0.5) is 16.2 Å². The van der Waals surface area contributed by atoms with Gasteiger partial charge in [0.2, 0.25) is 0 Å². The number of anilines is 2. The van der Waals surface area contributed by atoms with E-state index in [1.807, 2.05) is 66.7 Å². The minimum atomic E-state index is -0.117. The lowest BCUT2D eigenvalue weighted by molar-refractivity contribution is 0.253. The number of methoxy groups -OCH3 is 1. The van der Waals surface area contributed by atoms with Crippen LogP contribution in [0.15, 0.2) is 84.9 Å². The van der Waals surface area contributed by atoms with Crippen molar-refractivity contribution < 1.29 is 9.53 Å². The van der Waals surface area contributed by atoms with Crippen LogP contribution < -0.4 is 14.5 Å². The molecule has 2 amide bonds. The third kappa shape index (κ3) is 3.47. The molecule has 0 aromatic heterocycles. The van der Waals surface area contributed by atoms with Crippen LogP contribution in [0.3, 0.4) is 0 Å². The van der Waals surface area contributed by atoms with E-state index in [4.69, 9.17) is 16.3 Å². The Bertz CT molecular complexity index is 999. The monoisotopic (exact) mass is 390 g/mol. The van der Waals surface area contributed by atoms with Crippen molar-refractivity contribution in [2.45, 2.75) is 0 Å². The van der Waals surface area contributed by atoms with Crippen LogP contribution in [-0.2, 0) is 0 Å². The summed E-state index contributed by atoms with van der Waals surface area (Å²) in [5.41, 5.74) is 3.43. The highest BCUT2D eigenvalue weighted by molar-refractivity contribution is 6.30. The van der Waals surface area contributed by atoms with Gasteiger partial charge in [0.1, 0.15) is 5.75 Å².